The Morgan fingerprint density at radius 1 is 1.32 bits per heavy atom. The van der Waals surface area contributed by atoms with E-state index in [4.69, 9.17) is 0 Å². The van der Waals surface area contributed by atoms with E-state index in [0.717, 1.165) is 30.9 Å². The fourth-order valence-electron chi connectivity index (χ4n) is 3.43. The molecule has 2 aromatic heterocycles. The molecule has 28 heavy (non-hydrogen) atoms. The molecular formula is C19H23FN8. The molecule has 1 atom stereocenters. The molecule has 4 rings (SSSR count). The van der Waals surface area contributed by atoms with Crippen molar-refractivity contribution in [3.8, 4) is 5.69 Å². The molecule has 3 heterocycles. The van der Waals surface area contributed by atoms with Gasteiger partial charge in [0.25, 0.3) is 0 Å². The third-order valence-electron chi connectivity index (χ3n) is 4.81. The van der Waals surface area contributed by atoms with E-state index in [1.54, 1.807) is 17.1 Å². The minimum atomic E-state index is -0.453. The van der Waals surface area contributed by atoms with Crippen LogP contribution in [0, 0.1) is 11.7 Å². The van der Waals surface area contributed by atoms with E-state index < -0.39 is 5.82 Å². The molecule has 8 nitrogen and oxygen atoms in total. The van der Waals surface area contributed by atoms with Gasteiger partial charge in [-0.2, -0.15) is 4.98 Å². The lowest BCUT2D eigenvalue weighted by Gasteiger charge is -2.29. The molecular weight excluding hydrogens is 359 g/mol. The molecule has 0 aliphatic carbocycles. The van der Waals surface area contributed by atoms with Gasteiger partial charge in [0.15, 0.2) is 11.6 Å². The Morgan fingerprint density at radius 2 is 2.25 bits per heavy atom. The van der Waals surface area contributed by atoms with Gasteiger partial charge in [-0.25, -0.2) is 14.1 Å². The maximum absolute atomic E-state index is 14.1. The summed E-state index contributed by atoms with van der Waals surface area (Å²) in [5.41, 5.74) is 1.63. The number of piperidine rings is 1. The third kappa shape index (κ3) is 4.42. The Kier molecular flexibility index (Phi) is 5.43. The fraction of sp³-hybridized carbons (Fsp3) is 0.368. The lowest BCUT2D eigenvalue weighted by atomic mass is 9.98. The molecule has 9 heteroatoms. The van der Waals surface area contributed by atoms with Gasteiger partial charge in [0, 0.05) is 18.8 Å². The smallest absolute Gasteiger partial charge is 0.229 e. The van der Waals surface area contributed by atoms with Gasteiger partial charge in [-0.3, -0.25) is 0 Å². The zero-order chi connectivity index (χ0) is 19.3. The van der Waals surface area contributed by atoms with Gasteiger partial charge in [0.1, 0.15) is 0 Å². The minimum Gasteiger partial charge on any atom is -0.367 e. The van der Waals surface area contributed by atoms with E-state index in [-0.39, 0.29) is 5.82 Å². The number of benzene rings is 1. The number of aromatic nitrogens is 5. The van der Waals surface area contributed by atoms with E-state index in [2.05, 4.69) is 42.9 Å². The van der Waals surface area contributed by atoms with Crippen LogP contribution in [-0.4, -0.2) is 56.5 Å². The molecule has 146 valence electrons. The van der Waals surface area contributed by atoms with Crippen LogP contribution in [0.3, 0.4) is 0 Å². The van der Waals surface area contributed by atoms with Crippen molar-refractivity contribution < 1.29 is 4.39 Å². The third-order valence-corrected chi connectivity index (χ3v) is 4.81. The monoisotopic (exact) mass is 382 g/mol. The molecule has 1 fully saturated rings. The van der Waals surface area contributed by atoms with Gasteiger partial charge >= 0.3 is 0 Å². The zero-order valence-corrected chi connectivity index (χ0v) is 15.7. The maximum atomic E-state index is 14.1. The normalized spacial score (nSPS) is 17.4. The van der Waals surface area contributed by atoms with Gasteiger partial charge in [0.2, 0.25) is 5.95 Å². The van der Waals surface area contributed by atoms with Crippen LogP contribution >= 0.6 is 0 Å². The number of hydrogen-bond donors (Lipinski definition) is 2. The average Bonchev–Trinajstić information content (AvgIpc) is 3.24. The lowest BCUT2D eigenvalue weighted by molar-refractivity contribution is 0.217. The highest BCUT2D eigenvalue weighted by atomic mass is 19.1. The Hall–Kier alpha value is -3.07. The Morgan fingerprint density at radius 3 is 3.07 bits per heavy atom. The highest BCUT2D eigenvalue weighted by Gasteiger charge is 2.18. The molecule has 1 aliphatic heterocycles. The second kappa shape index (κ2) is 8.30. The van der Waals surface area contributed by atoms with Crippen LogP contribution in [-0.2, 0) is 0 Å². The summed E-state index contributed by atoms with van der Waals surface area (Å²) < 4.78 is 15.8. The summed E-state index contributed by atoms with van der Waals surface area (Å²) in [4.78, 5) is 10.7. The molecule has 0 bridgehead atoms. The van der Waals surface area contributed by atoms with Crippen LogP contribution in [0.2, 0.25) is 0 Å². The quantitative estimate of drug-likeness (QED) is 0.678. The second-order valence-corrected chi connectivity index (χ2v) is 7.06. The molecule has 1 saturated heterocycles. The highest BCUT2D eigenvalue weighted by Crippen LogP contribution is 2.20. The standard InChI is InChI=1S/C19H23FN8/c1-27-8-3-4-14(13-27)11-21-18-17(20)12-22-19(25-18)24-15-5-2-6-16(10-15)28-9-7-23-26-28/h2,5-7,9-10,12,14H,3-4,8,11,13H2,1H3,(H2,21,22,24,25)/t14-/m0/s1. The predicted molar refractivity (Wildman–Crippen MR) is 105 cm³/mol. The summed E-state index contributed by atoms with van der Waals surface area (Å²) in [6.07, 6.45) is 6.88. The first-order chi connectivity index (χ1) is 13.7. The topological polar surface area (TPSA) is 83.8 Å². The summed E-state index contributed by atoms with van der Waals surface area (Å²) >= 11 is 0. The highest BCUT2D eigenvalue weighted by molar-refractivity contribution is 5.58. The SMILES string of the molecule is CN1CCC[C@@H](CNc2nc(Nc3cccc(-n4ccnn4)c3)ncc2F)C1. The largest absolute Gasteiger partial charge is 0.367 e. The molecule has 2 N–H and O–H groups in total. The first-order valence-electron chi connectivity index (χ1n) is 9.36. The minimum absolute atomic E-state index is 0.221. The van der Waals surface area contributed by atoms with Crippen LogP contribution in [0.25, 0.3) is 5.69 Å². The summed E-state index contributed by atoms with van der Waals surface area (Å²) in [5.74, 6) is 0.591. The van der Waals surface area contributed by atoms with Crippen LogP contribution in [0.4, 0.5) is 21.8 Å². The Labute approximate surface area is 162 Å². The zero-order valence-electron chi connectivity index (χ0n) is 15.7. The van der Waals surface area contributed by atoms with Crippen LogP contribution in [0.1, 0.15) is 12.8 Å². The average molecular weight is 382 g/mol. The van der Waals surface area contributed by atoms with Crippen molar-refractivity contribution in [2.75, 3.05) is 37.3 Å². The maximum Gasteiger partial charge on any atom is 0.229 e. The Balaban J connectivity index is 1.44. The van der Waals surface area contributed by atoms with Gasteiger partial charge in [-0.05, 0) is 50.6 Å². The number of nitrogens with zero attached hydrogens (tertiary/aromatic N) is 6. The van der Waals surface area contributed by atoms with E-state index >= 15 is 0 Å². The van der Waals surface area contributed by atoms with Crippen molar-refractivity contribution in [1.82, 2.24) is 29.9 Å². The van der Waals surface area contributed by atoms with Gasteiger partial charge in [0.05, 0.1) is 24.3 Å². The summed E-state index contributed by atoms with van der Waals surface area (Å²) in [6.45, 7) is 2.83. The van der Waals surface area contributed by atoms with Crippen molar-refractivity contribution in [3.63, 3.8) is 0 Å². The van der Waals surface area contributed by atoms with Gasteiger partial charge in [-0.15, -0.1) is 5.10 Å². The van der Waals surface area contributed by atoms with Gasteiger partial charge in [-0.1, -0.05) is 11.3 Å². The van der Waals surface area contributed by atoms with Crippen molar-refractivity contribution in [2.24, 2.45) is 5.92 Å². The fourth-order valence-corrected chi connectivity index (χ4v) is 3.43. The molecule has 3 aromatic rings. The van der Waals surface area contributed by atoms with Crippen molar-refractivity contribution in [3.05, 3.63) is 48.7 Å². The van der Waals surface area contributed by atoms with Crippen molar-refractivity contribution in [2.45, 2.75) is 12.8 Å². The summed E-state index contributed by atoms with van der Waals surface area (Å²) in [7, 11) is 2.12. The number of rotatable bonds is 6. The van der Waals surface area contributed by atoms with E-state index in [1.807, 2.05) is 24.3 Å². The predicted octanol–water partition coefficient (Wildman–Crippen LogP) is 2.69. The van der Waals surface area contributed by atoms with E-state index in [0.29, 0.717) is 18.4 Å². The number of nitrogens with one attached hydrogen (secondary N) is 2. The number of halogens is 1. The molecule has 0 radical (unpaired) electrons. The van der Waals surface area contributed by atoms with Crippen LogP contribution < -0.4 is 10.6 Å². The van der Waals surface area contributed by atoms with Crippen LogP contribution in [0.15, 0.2) is 42.9 Å². The number of hydrogen-bond acceptors (Lipinski definition) is 7. The number of anilines is 3. The molecule has 0 unspecified atom stereocenters. The van der Waals surface area contributed by atoms with Crippen LogP contribution in [0.5, 0.6) is 0 Å². The van der Waals surface area contributed by atoms with Crippen molar-refractivity contribution >= 4 is 17.5 Å². The molecule has 1 aromatic carbocycles. The molecule has 0 amide bonds. The first kappa shape index (κ1) is 18.3. The lowest BCUT2D eigenvalue weighted by Crippen LogP contribution is -2.35. The summed E-state index contributed by atoms with van der Waals surface area (Å²) in [5, 5.41) is 14.1. The molecule has 0 spiro atoms. The molecule has 1 aliphatic rings. The van der Waals surface area contributed by atoms with E-state index in [9.17, 15) is 4.39 Å². The van der Waals surface area contributed by atoms with Crippen molar-refractivity contribution in [1.29, 1.82) is 0 Å². The first-order valence-corrected chi connectivity index (χ1v) is 9.36. The van der Waals surface area contributed by atoms with E-state index in [1.165, 1.54) is 12.6 Å². The summed E-state index contributed by atoms with van der Waals surface area (Å²) in [6, 6.07) is 7.59. The Bertz CT molecular complexity index is 914. The molecule has 0 saturated carbocycles. The number of likely N-dealkylation sites (tertiary alicyclic amines) is 1. The van der Waals surface area contributed by atoms with Gasteiger partial charge < -0.3 is 15.5 Å². The second-order valence-electron chi connectivity index (χ2n) is 7.06.